The molecule has 1 aromatic heterocycles. The number of rotatable bonds is 2. The third kappa shape index (κ3) is 11.0. The number of nitrogens with one attached hydrogen (secondary N) is 1. The summed E-state index contributed by atoms with van der Waals surface area (Å²) in [5, 5.41) is 13.3. The third-order valence-electron chi connectivity index (χ3n) is 5.35. The molecule has 2 aliphatic rings. The molecular formula is C23H40N4O3. The van der Waals surface area contributed by atoms with Crippen LogP contribution >= 0.6 is 0 Å². The number of aromatic nitrogens is 2. The van der Waals surface area contributed by atoms with Gasteiger partial charge in [0, 0.05) is 31.4 Å². The molecule has 0 bridgehead atoms. The molecule has 1 fully saturated rings. The van der Waals surface area contributed by atoms with Crippen molar-refractivity contribution in [1.82, 2.24) is 9.97 Å². The number of hydrogen-bond acceptors (Lipinski definition) is 5. The molecule has 7 nitrogen and oxygen atoms in total. The van der Waals surface area contributed by atoms with Crippen LogP contribution in [0.2, 0.25) is 0 Å². The topological polar surface area (TPSA) is 130 Å². The van der Waals surface area contributed by atoms with E-state index in [1.54, 1.807) is 6.33 Å². The van der Waals surface area contributed by atoms with Crippen LogP contribution in [0.5, 0.6) is 0 Å². The first-order chi connectivity index (χ1) is 14.1. The predicted molar refractivity (Wildman–Crippen MR) is 121 cm³/mol. The van der Waals surface area contributed by atoms with Gasteiger partial charge in [-0.2, -0.15) is 0 Å². The Morgan fingerprint density at radius 3 is 2.13 bits per heavy atom. The van der Waals surface area contributed by atoms with Gasteiger partial charge < -0.3 is 10.8 Å². The van der Waals surface area contributed by atoms with Crippen molar-refractivity contribution in [3.8, 4) is 0 Å². The maximum atomic E-state index is 11.2. The summed E-state index contributed by atoms with van der Waals surface area (Å²) in [6.45, 7) is 9.94. The fourth-order valence-electron chi connectivity index (χ4n) is 3.91. The van der Waals surface area contributed by atoms with Crippen molar-refractivity contribution in [2.45, 2.75) is 85.5 Å². The number of carboxylic acids is 1. The Hall–Kier alpha value is -2.31. The lowest BCUT2D eigenvalue weighted by Gasteiger charge is -2.26. The number of hydrogen-bond donors (Lipinski definition) is 3. The lowest BCUT2D eigenvalue weighted by atomic mass is 9.81. The van der Waals surface area contributed by atoms with Gasteiger partial charge in [-0.05, 0) is 49.5 Å². The maximum absolute atomic E-state index is 11.2. The standard InChI is InChI=1S/C11H16N2.C9H16O.C2H4O2.CH4N2/c1-8(2)10-5-3-4-9-6-12-7-13-11(9)10;1-7(2)8-5-3-4-6-9(8)10;1-2(3)4;2-1-3/h6-8,10H,3-5H2,1-2H3;7-8H,3-6H2,1-2H3;1H3,(H,3,4);1H,(H3,2,3). The molecule has 0 amide bonds. The Kier molecular flexibility index (Phi) is 14.3. The number of carboxylic acid groups (broad SMARTS) is 1. The lowest BCUT2D eigenvalue weighted by molar-refractivity contribution is -0.134. The smallest absolute Gasteiger partial charge is 0.300 e. The van der Waals surface area contributed by atoms with Crippen molar-refractivity contribution in [3.05, 3.63) is 23.8 Å². The number of ketones is 1. The van der Waals surface area contributed by atoms with Gasteiger partial charge in [0.05, 0.1) is 12.0 Å². The highest BCUT2D eigenvalue weighted by molar-refractivity contribution is 5.81. The van der Waals surface area contributed by atoms with E-state index in [2.05, 4.69) is 43.4 Å². The van der Waals surface area contributed by atoms with Gasteiger partial charge in [0.25, 0.3) is 5.97 Å². The Balaban J connectivity index is 0.000000439. The second-order valence-corrected chi connectivity index (χ2v) is 8.42. The number of nitrogens with two attached hydrogens (primary N) is 1. The second-order valence-electron chi connectivity index (χ2n) is 8.42. The van der Waals surface area contributed by atoms with E-state index in [1.807, 2.05) is 6.20 Å². The van der Waals surface area contributed by atoms with E-state index in [9.17, 15) is 4.79 Å². The summed E-state index contributed by atoms with van der Waals surface area (Å²) < 4.78 is 0. The molecule has 3 rings (SSSR count). The minimum atomic E-state index is -0.833. The van der Waals surface area contributed by atoms with Gasteiger partial charge in [-0.15, -0.1) is 0 Å². The van der Waals surface area contributed by atoms with Crippen molar-refractivity contribution in [2.24, 2.45) is 23.5 Å². The van der Waals surface area contributed by atoms with Gasteiger partial charge >= 0.3 is 0 Å². The fraction of sp³-hybridized carbons (Fsp3) is 0.696. The van der Waals surface area contributed by atoms with Crippen LogP contribution in [0.1, 0.15) is 90.3 Å². The predicted octanol–water partition coefficient (Wildman–Crippen LogP) is 4.60. The molecule has 2 aliphatic carbocycles. The molecule has 1 saturated carbocycles. The fourth-order valence-corrected chi connectivity index (χ4v) is 3.91. The first-order valence-corrected chi connectivity index (χ1v) is 10.9. The Morgan fingerprint density at radius 1 is 1.13 bits per heavy atom. The van der Waals surface area contributed by atoms with Crippen LogP contribution in [0.25, 0.3) is 0 Å². The molecule has 1 heterocycles. The highest BCUT2D eigenvalue weighted by Crippen LogP contribution is 2.34. The van der Waals surface area contributed by atoms with Crippen LogP contribution < -0.4 is 5.73 Å². The zero-order valence-corrected chi connectivity index (χ0v) is 19.2. The average molecular weight is 421 g/mol. The summed E-state index contributed by atoms with van der Waals surface area (Å²) >= 11 is 0. The summed E-state index contributed by atoms with van der Waals surface area (Å²) in [5.74, 6) is 1.98. The number of Topliss-reactive ketones (excluding diaryl/α,β-unsaturated/α-hetero) is 1. The van der Waals surface area contributed by atoms with E-state index in [1.165, 1.54) is 36.9 Å². The van der Waals surface area contributed by atoms with Gasteiger partial charge in [0.2, 0.25) is 0 Å². The van der Waals surface area contributed by atoms with E-state index in [-0.39, 0.29) is 0 Å². The van der Waals surface area contributed by atoms with Crippen LogP contribution in [-0.4, -0.2) is 33.2 Å². The van der Waals surface area contributed by atoms with E-state index >= 15 is 0 Å². The largest absolute Gasteiger partial charge is 0.481 e. The Bertz CT molecular complexity index is 643. The second kappa shape index (κ2) is 15.5. The quantitative estimate of drug-likeness (QED) is 0.473. The van der Waals surface area contributed by atoms with E-state index in [0.717, 1.165) is 32.5 Å². The first kappa shape index (κ1) is 27.7. The molecule has 1 aromatic rings. The van der Waals surface area contributed by atoms with E-state index in [0.29, 0.717) is 29.5 Å². The number of carbonyl (C=O) groups is 2. The van der Waals surface area contributed by atoms with Crippen LogP contribution in [0.3, 0.4) is 0 Å². The van der Waals surface area contributed by atoms with E-state index in [4.69, 9.17) is 15.3 Å². The molecular weight excluding hydrogens is 380 g/mol. The third-order valence-corrected chi connectivity index (χ3v) is 5.35. The minimum Gasteiger partial charge on any atom is -0.481 e. The van der Waals surface area contributed by atoms with Crippen LogP contribution in [0.4, 0.5) is 0 Å². The van der Waals surface area contributed by atoms with Gasteiger partial charge in [0.1, 0.15) is 12.1 Å². The molecule has 2 unspecified atom stereocenters. The normalized spacial score (nSPS) is 19.8. The Labute approximate surface area is 181 Å². The number of nitrogens with zero attached hydrogens (tertiary/aromatic N) is 2. The number of aliphatic carboxylic acids is 1. The average Bonchev–Trinajstić information content (AvgIpc) is 2.68. The molecule has 30 heavy (non-hydrogen) atoms. The molecule has 0 radical (unpaired) electrons. The molecule has 4 N–H and O–H groups in total. The summed E-state index contributed by atoms with van der Waals surface area (Å²) in [7, 11) is 0. The molecule has 170 valence electrons. The maximum Gasteiger partial charge on any atom is 0.300 e. The SMILES string of the molecule is CC(=O)O.CC(C)C1CCCCC1=O.CC(C)C1CCCc2cncnc21.N=CN. The van der Waals surface area contributed by atoms with Crippen molar-refractivity contribution >= 4 is 18.1 Å². The van der Waals surface area contributed by atoms with Crippen molar-refractivity contribution < 1.29 is 14.7 Å². The van der Waals surface area contributed by atoms with Gasteiger partial charge in [-0.3, -0.25) is 15.0 Å². The molecule has 7 heteroatoms. The first-order valence-electron chi connectivity index (χ1n) is 10.9. The van der Waals surface area contributed by atoms with Crippen LogP contribution in [-0.2, 0) is 16.0 Å². The molecule has 0 aliphatic heterocycles. The number of fused-ring (bicyclic) bond motifs is 1. The summed E-state index contributed by atoms with van der Waals surface area (Å²) in [4.78, 5) is 28.7. The monoisotopic (exact) mass is 420 g/mol. The molecule has 2 atom stereocenters. The minimum absolute atomic E-state index is 0.383. The number of aryl methyl sites for hydroxylation is 1. The molecule has 0 aromatic carbocycles. The Morgan fingerprint density at radius 2 is 1.67 bits per heavy atom. The van der Waals surface area contributed by atoms with Crippen LogP contribution in [0.15, 0.2) is 12.5 Å². The highest BCUT2D eigenvalue weighted by Gasteiger charge is 2.24. The van der Waals surface area contributed by atoms with Gasteiger partial charge in [-0.1, -0.05) is 34.1 Å². The van der Waals surface area contributed by atoms with Gasteiger partial charge in [-0.25, -0.2) is 9.97 Å². The van der Waals surface area contributed by atoms with E-state index < -0.39 is 5.97 Å². The van der Waals surface area contributed by atoms with Crippen molar-refractivity contribution in [1.29, 1.82) is 5.41 Å². The lowest BCUT2D eigenvalue weighted by Crippen LogP contribution is -2.23. The molecule has 0 saturated heterocycles. The summed E-state index contributed by atoms with van der Waals surface area (Å²) in [6, 6.07) is 0. The van der Waals surface area contributed by atoms with Crippen LogP contribution in [0, 0.1) is 23.2 Å². The molecule has 0 spiro atoms. The number of carbonyl (C=O) groups excluding carboxylic acids is 1. The van der Waals surface area contributed by atoms with Gasteiger partial charge in [0.15, 0.2) is 0 Å². The summed E-state index contributed by atoms with van der Waals surface area (Å²) in [6.07, 6.45) is 12.5. The van der Waals surface area contributed by atoms with Crippen molar-refractivity contribution in [3.63, 3.8) is 0 Å². The van der Waals surface area contributed by atoms with Crippen molar-refractivity contribution in [2.75, 3.05) is 0 Å². The zero-order valence-electron chi connectivity index (χ0n) is 19.2. The summed E-state index contributed by atoms with van der Waals surface area (Å²) in [5.41, 5.74) is 7.06. The highest BCUT2D eigenvalue weighted by atomic mass is 16.4. The zero-order chi connectivity index (χ0) is 23.1.